The predicted octanol–water partition coefficient (Wildman–Crippen LogP) is 0.470. The van der Waals surface area contributed by atoms with Gasteiger partial charge in [-0.15, -0.1) is 0 Å². The van der Waals surface area contributed by atoms with Gasteiger partial charge in [-0.1, -0.05) is 0 Å². The number of phenolic OH excluding ortho intramolecular Hbond substituents is 7. The maximum Gasteiger partial charge on any atom is 0.239 e. The van der Waals surface area contributed by atoms with Crippen LogP contribution >= 0.6 is 0 Å². The van der Waals surface area contributed by atoms with Crippen LogP contribution in [0.5, 0.6) is 46.0 Å². The molecule has 0 saturated carbocycles. The van der Waals surface area contributed by atoms with Crippen molar-refractivity contribution >= 4 is 16.8 Å². The van der Waals surface area contributed by atoms with Crippen molar-refractivity contribution in [3.05, 3.63) is 58.3 Å². The molecule has 4 aromatic rings. The number of fused-ring (bicyclic) bond motifs is 1. The number of aliphatic hydroxyl groups is 3. The van der Waals surface area contributed by atoms with Crippen molar-refractivity contribution in [1.82, 2.24) is 0 Å². The van der Waals surface area contributed by atoms with Crippen LogP contribution in [0, 0.1) is 0 Å². The van der Waals surface area contributed by atoms with Gasteiger partial charge in [0, 0.05) is 23.3 Å². The molecule has 15 nitrogen and oxygen atoms in total. The van der Waals surface area contributed by atoms with Crippen molar-refractivity contribution in [2.45, 2.75) is 24.1 Å². The fraction of sp³-hybridized carbons (Fsp3) is 0.185. The van der Waals surface area contributed by atoms with Gasteiger partial charge >= 0.3 is 0 Å². The maximum absolute atomic E-state index is 13.6. The summed E-state index contributed by atoms with van der Waals surface area (Å²) < 4.78 is 16.6. The molecule has 4 unspecified atom stereocenters. The Hall–Kier alpha value is -5.22. The molecule has 0 amide bonds. The molecule has 0 bridgehead atoms. The van der Waals surface area contributed by atoms with Gasteiger partial charge in [0.05, 0.1) is 6.61 Å². The summed E-state index contributed by atoms with van der Waals surface area (Å²) in [5.74, 6) is -8.28. The highest BCUT2D eigenvalue weighted by molar-refractivity contribution is 6.04. The number of hydrogen-bond acceptors (Lipinski definition) is 15. The zero-order valence-corrected chi connectivity index (χ0v) is 21.0. The largest absolute Gasteiger partial charge is 0.508 e. The molecule has 1 saturated heterocycles. The van der Waals surface area contributed by atoms with E-state index in [-0.39, 0.29) is 11.1 Å². The molecule has 1 fully saturated rings. The normalized spacial score (nSPS) is 22.2. The van der Waals surface area contributed by atoms with Crippen molar-refractivity contribution in [3.8, 4) is 57.3 Å². The second kappa shape index (κ2) is 10.0. The number of carbonyl (C=O) groups is 1. The lowest BCUT2D eigenvalue weighted by molar-refractivity contribution is -0.271. The number of phenols is 7. The Morgan fingerprint density at radius 2 is 1.52 bits per heavy atom. The summed E-state index contributed by atoms with van der Waals surface area (Å²) in [5.41, 5.74) is -5.57. The van der Waals surface area contributed by atoms with Crippen LogP contribution in [-0.4, -0.2) is 87.6 Å². The van der Waals surface area contributed by atoms with E-state index in [9.17, 15) is 60.7 Å². The van der Waals surface area contributed by atoms with Gasteiger partial charge in [-0.25, -0.2) is 0 Å². The van der Waals surface area contributed by atoms with E-state index in [4.69, 9.17) is 13.9 Å². The van der Waals surface area contributed by atoms with Crippen molar-refractivity contribution < 1.29 is 69.8 Å². The summed E-state index contributed by atoms with van der Waals surface area (Å²) in [6.07, 6.45) is -6.54. The SMILES string of the molecule is O=C(c1cc(O)c(O)c(O)c1)C1(O)C(Oc2c(-c3ccc(O)c(O)c3)oc3cc(O)cc(O)c3c2=O)OCC(O)C1O. The molecule has 15 heteroatoms. The molecule has 1 aliphatic heterocycles. The molecule has 2 heterocycles. The first-order chi connectivity index (χ1) is 19.7. The number of aliphatic hydroxyl groups excluding tert-OH is 2. The summed E-state index contributed by atoms with van der Waals surface area (Å²) in [6, 6.07) is 6.22. The van der Waals surface area contributed by atoms with Crippen molar-refractivity contribution in [1.29, 1.82) is 0 Å². The van der Waals surface area contributed by atoms with Gasteiger partial charge in [0.1, 0.15) is 34.7 Å². The van der Waals surface area contributed by atoms with Crippen molar-refractivity contribution in [2.24, 2.45) is 0 Å². The van der Waals surface area contributed by atoms with Crippen LogP contribution in [-0.2, 0) is 4.74 Å². The fourth-order valence-electron chi connectivity index (χ4n) is 4.51. The van der Waals surface area contributed by atoms with E-state index in [2.05, 4.69) is 0 Å². The van der Waals surface area contributed by atoms with Gasteiger partial charge in [0.15, 0.2) is 34.5 Å². The van der Waals surface area contributed by atoms with Crippen LogP contribution in [0.3, 0.4) is 0 Å². The summed E-state index contributed by atoms with van der Waals surface area (Å²) in [5, 5.41) is 101. The lowest BCUT2D eigenvalue weighted by Crippen LogP contribution is -2.68. The summed E-state index contributed by atoms with van der Waals surface area (Å²) in [4.78, 5) is 27.1. The fourth-order valence-corrected chi connectivity index (χ4v) is 4.51. The lowest BCUT2D eigenvalue weighted by atomic mass is 9.82. The first-order valence-electron chi connectivity index (χ1n) is 12.0. The van der Waals surface area contributed by atoms with E-state index in [0.29, 0.717) is 12.1 Å². The summed E-state index contributed by atoms with van der Waals surface area (Å²) in [7, 11) is 0. The number of aromatic hydroxyl groups is 7. The molecule has 220 valence electrons. The van der Waals surface area contributed by atoms with Crippen molar-refractivity contribution in [2.75, 3.05) is 6.61 Å². The third-order valence-corrected chi connectivity index (χ3v) is 6.67. The Morgan fingerprint density at radius 1 is 0.857 bits per heavy atom. The van der Waals surface area contributed by atoms with Gasteiger partial charge in [-0.05, 0) is 30.3 Å². The molecule has 5 rings (SSSR count). The molecule has 42 heavy (non-hydrogen) atoms. The smallest absolute Gasteiger partial charge is 0.239 e. The molecule has 0 radical (unpaired) electrons. The first kappa shape index (κ1) is 28.3. The maximum atomic E-state index is 13.6. The van der Waals surface area contributed by atoms with Crippen LogP contribution in [0.4, 0.5) is 0 Å². The predicted molar refractivity (Wildman–Crippen MR) is 138 cm³/mol. The molecule has 0 spiro atoms. The molecule has 3 aromatic carbocycles. The number of Topliss-reactive ketones (excluding diaryl/α,β-unsaturated/α-hetero) is 1. The minimum atomic E-state index is -3.25. The second-order valence-electron chi connectivity index (χ2n) is 9.44. The number of ether oxygens (including phenoxy) is 2. The van der Waals surface area contributed by atoms with Crippen molar-refractivity contribution in [3.63, 3.8) is 0 Å². The van der Waals surface area contributed by atoms with Crippen LogP contribution < -0.4 is 10.2 Å². The third kappa shape index (κ3) is 4.42. The third-order valence-electron chi connectivity index (χ3n) is 6.67. The highest BCUT2D eigenvalue weighted by Gasteiger charge is 2.59. The molecule has 4 atom stereocenters. The summed E-state index contributed by atoms with van der Waals surface area (Å²) in [6.45, 7) is -0.735. The Labute approximate surface area is 233 Å². The topological polar surface area (TPSA) is 268 Å². The lowest BCUT2D eigenvalue weighted by Gasteiger charge is -2.43. The Bertz CT molecular complexity index is 1770. The highest BCUT2D eigenvalue weighted by Crippen LogP contribution is 2.42. The van der Waals surface area contributed by atoms with E-state index >= 15 is 0 Å². The molecule has 0 aliphatic carbocycles. The van der Waals surface area contributed by atoms with E-state index in [1.807, 2.05) is 0 Å². The average Bonchev–Trinajstić information content (AvgIpc) is 2.93. The van der Waals surface area contributed by atoms with E-state index < -0.39 is 105 Å². The van der Waals surface area contributed by atoms with Crippen LogP contribution in [0.25, 0.3) is 22.3 Å². The minimum Gasteiger partial charge on any atom is -0.508 e. The number of carbonyl (C=O) groups excluding carboxylic acids is 1. The number of ketones is 1. The number of benzene rings is 3. The number of rotatable bonds is 5. The van der Waals surface area contributed by atoms with Crippen LogP contribution in [0.15, 0.2) is 51.7 Å². The quantitative estimate of drug-likeness (QED) is 0.112. The zero-order valence-electron chi connectivity index (χ0n) is 21.0. The van der Waals surface area contributed by atoms with Gasteiger partial charge in [-0.2, -0.15) is 0 Å². The van der Waals surface area contributed by atoms with Gasteiger partial charge in [0.25, 0.3) is 0 Å². The van der Waals surface area contributed by atoms with Gasteiger partial charge < -0.3 is 65.0 Å². The Morgan fingerprint density at radius 3 is 2.17 bits per heavy atom. The minimum absolute atomic E-state index is 0.123. The molecule has 10 N–H and O–H groups in total. The average molecular weight is 586 g/mol. The van der Waals surface area contributed by atoms with Crippen LogP contribution in [0.2, 0.25) is 0 Å². The Balaban J connectivity index is 1.71. The van der Waals surface area contributed by atoms with Gasteiger partial charge in [-0.3, -0.25) is 9.59 Å². The van der Waals surface area contributed by atoms with E-state index in [1.54, 1.807) is 0 Å². The molecule has 1 aromatic heterocycles. The Kier molecular flexibility index (Phi) is 6.74. The molecule has 1 aliphatic rings. The zero-order chi connectivity index (χ0) is 30.7. The van der Waals surface area contributed by atoms with E-state index in [0.717, 1.165) is 24.3 Å². The monoisotopic (exact) mass is 586 g/mol. The first-order valence-corrected chi connectivity index (χ1v) is 12.0. The number of hydrogen-bond donors (Lipinski definition) is 10. The highest BCUT2D eigenvalue weighted by atomic mass is 16.7. The summed E-state index contributed by atoms with van der Waals surface area (Å²) >= 11 is 0. The second-order valence-corrected chi connectivity index (χ2v) is 9.44. The van der Waals surface area contributed by atoms with Crippen LogP contribution in [0.1, 0.15) is 10.4 Å². The van der Waals surface area contributed by atoms with Gasteiger partial charge in [0.2, 0.25) is 28.9 Å². The van der Waals surface area contributed by atoms with E-state index in [1.165, 1.54) is 6.07 Å². The molecular formula is C27H22O15. The molecular weight excluding hydrogens is 564 g/mol. The standard InChI is InChI=1S/C27H22O15/c28-11-6-14(31)19-18(7-11)41-22(9-1-2-12(29)13(30)3-9)23(21(19)36)42-26-27(39,25(38)17(34)8-40-26)24(37)10-4-15(32)20(35)16(33)5-10/h1-7,17,25-26,28-35,38-39H,8H2.